The van der Waals surface area contributed by atoms with Gasteiger partial charge in [0.15, 0.2) is 0 Å². The van der Waals surface area contributed by atoms with Gasteiger partial charge in [0.2, 0.25) is 0 Å². The van der Waals surface area contributed by atoms with Crippen LogP contribution < -0.4 is 5.32 Å². The monoisotopic (exact) mass is 253 g/mol. The van der Waals surface area contributed by atoms with Crippen molar-refractivity contribution in [2.75, 3.05) is 13.1 Å². The quantitative estimate of drug-likeness (QED) is 0.894. The van der Waals surface area contributed by atoms with E-state index in [0.717, 1.165) is 30.3 Å². The van der Waals surface area contributed by atoms with Crippen molar-refractivity contribution < 1.29 is 0 Å². The molecule has 0 unspecified atom stereocenters. The van der Waals surface area contributed by atoms with Crippen molar-refractivity contribution in [2.45, 2.75) is 26.7 Å². The molecule has 1 aromatic heterocycles. The fourth-order valence-corrected chi connectivity index (χ4v) is 2.40. The van der Waals surface area contributed by atoms with E-state index in [-0.39, 0.29) is 0 Å². The zero-order chi connectivity index (χ0) is 13.4. The molecule has 1 saturated heterocycles. The standard InChI is InChI=1S/C16H19N3/c1-10-4-5-11(2)14(6-10)15-7-12(3)18-16(19-15)13-8-17-9-13/h4-7,13,17H,8-9H2,1-3H3. The smallest absolute Gasteiger partial charge is 0.134 e. The average Bonchev–Trinajstić information content (AvgIpc) is 2.29. The first-order valence-corrected chi connectivity index (χ1v) is 6.77. The van der Waals surface area contributed by atoms with Gasteiger partial charge in [0.05, 0.1) is 5.69 Å². The van der Waals surface area contributed by atoms with Gasteiger partial charge in [0.25, 0.3) is 0 Å². The highest BCUT2D eigenvalue weighted by Gasteiger charge is 2.22. The average molecular weight is 253 g/mol. The highest BCUT2D eigenvalue weighted by Crippen LogP contribution is 2.25. The molecule has 3 heteroatoms. The topological polar surface area (TPSA) is 37.8 Å². The van der Waals surface area contributed by atoms with Crippen LogP contribution in [0.1, 0.15) is 28.6 Å². The fraction of sp³-hybridized carbons (Fsp3) is 0.375. The van der Waals surface area contributed by atoms with Crippen LogP contribution >= 0.6 is 0 Å². The molecule has 0 spiro atoms. The number of hydrogen-bond acceptors (Lipinski definition) is 3. The van der Waals surface area contributed by atoms with E-state index in [9.17, 15) is 0 Å². The largest absolute Gasteiger partial charge is 0.315 e. The van der Waals surface area contributed by atoms with Crippen LogP contribution in [0.4, 0.5) is 0 Å². The molecule has 1 aliphatic heterocycles. The van der Waals surface area contributed by atoms with E-state index in [0.29, 0.717) is 5.92 Å². The molecule has 3 rings (SSSR count). The molecule has 2 heterocycles. The molecule has 1 aromatic carbocycles. The molecule has 2 aromatic rings. The Morgan fingerprint density at radius 3 is 2.53 bits per heavy atom. The van der Waals surface area contributed by atoms with Gasteiger partial charge in [-0.3, -0.25) is 0 Å². The van der Waals surface area contributed by atoms with Gasteiger partial charge in [0.1, 0.15) is 5.82 Å². The van der Waals surface area contributed by atoms with Gasteiger partial charge >= 0.3 is 0 Å². The minimum Gasteiger partial charge on any atom is -0.315 e. The molecular formula is C16H19N3. The Labute approximate surface area is 114 Å². The van der Waals surface area contributed by atoms with Crippen LogP contribution in [0.25, 0.3) is 11.3 Å². The molecule has 0 atom stereocenters. The summed E-state index contributed by atoms with van der Waals surface area (Å²) in [5, 5.41) is 3.28. The third-order valence-corrected chi connectivity index (χ3v) is 3.69. The molecule has 19 heavy (non-hydrogen) atoms. The van der Waals surface area contributed by atoms with Crippen LogP contribution in [0.15, 0.2) is 24.3 Å². The lowest BCUT2D eigenvalue weighted by atomic mass is 10.00. The first-order chi connectivity index (χ1) is 9.13. The minimum absolute atomic E-state index is 0.476. The molecule has 1 N–H and O–H groups in total. The van der Waals surface area contributed by atoms with E-state index in [1.807, 2.05) is 6.92 Å². The van der Waals surface area contributed by atoms with E-state index >= 15 is 0 Å². The molecule has 0 radical (unpaired) electrons. The lowest BCUT2D eigenvalue weighted by Gasteiger charge is -2.26. The zero-order valence-electron chi connectivity index (χ0n) is 11.7. The second-order valence-corrected chi connectivity index (χ2v) is 5.43. The van der Waals surface area contributed by atoms with Gasteiger partial charge in [-0.1, -0.05) is 17.7 Å². The van der Waals surface area contributed by atoms with E-state index in [1.54, 1.807) is 0 Å². The first kappa shape index (κ1) is 12.3. The second-order valence-electron chi connectivity index (χ2n) is 5.43. The van der Waals surface area contributed by atoms with E-state index < -0.39 is 0 Å². The summed E-state index contributed by atoms with van der Waals surface area (Å²) in [7, 11) is 0. The number of benzene rings is 1. The molecule has 98 valence electrons. The first-order valence-electron chi connectivity index (χ1n) is 6.77. The molecular weight excluding hydrogens is 234 g/mol. The summed E-state index contributed by atoms with van der Waals surface area (Å²) in [6.07, 6.45) is 0. The van der Waals surface area contributed by atoms with Crippen LogP contribution in [0, 0.1) is 20.8 Å². The van der Waals surface area contributed by atoms with Gasteiger partial charge in [-0.2, -0.15) is 0 Å². The summed E-state index contributed by atoms with van der Waals surface area (Å²) in [5.74, 6) is 1.46. The van der Waals surface area contributed by atoms with Crippen molar-refractivity contribution in [3.63, 3.8) is 0 Å². The van der Waals surface area contributed by atoms with Gasteiger partial charge in [-0.15, -0.1) is 0 Å². The Hall–Kier alpha value is -1.74. The van der Waals surface area contributed by atoms with Gasteiger partial charge in [0, 0.05) is 30.3 Å². The molecule has 0 aliphatic carbocycles. The summed E-state index contributed by atoms with van der Waals surface area (Å²) in [5.41, 5.74) is 5.85. The molecule has 0 bridgehead atoms. The number of hydrogen-bond donors (Lipinski definition) is 1. The maximum absolute atomic E-state index is 4.78. The van der Waals surface area contributed by atoms with Crippen molar-refractivity contribution in [3.05, 3.63) is 46.9 Å². The Bertz CT molecular complexity index is 615. The van der Waals surface area contributed by atoms with Crippen molar-refractivity contribution >= 4 is 0 Å². The number of aryl methyl sites for hydroxylation is 3. The van der Waals surface area contributed by atoms with Crippen molar-refractivity contribution in [3.8, 4) is 11.3 Å². The van der Waals surface area contributed by atoms with Gasteiger partial charge in [-0.25, -0.2) is 9.97 Å². The zero-order valence-corrected chi connectivity index (χ0v) is 11.7. The normalized spacial score (nSPS) is 15.3. The Morgan fingerprint density at radius 1 is 1.05 bits per heavy atom. The van der Waals surface area contributed by atoms with Crippen molar-refractivity contribution in [1.82, 2.24) is 15.3 Å². The van der Waals surface area contributed by atoms with Gasteiger partial charge < -0.3 is 5.32 Å². The summed E-state index contributed by atoms with van der Waals surface area (Å²) in [6, 6.07) is 8.59. The van der Waals surface area contributed by atoms with Crippen LogP contribution in [-0.2, 0) is 0 Å². The summed E-state index contributed by atoms with van der Waals surface area (Å²) >= 11 is 0. The Balaban J connectivity index is 2.08. The Morgan fingerprint density at radius 2 is 1.84 bits per heavy atom. The molecule has 0 saturated carbocycles. The summed E-state index contributed by atoms with van der Waals surface area (Å²) in [4.78, 5) is 9.36. The van der Waals surface area contributed by atoms with E-state index in [2.05, 4.69) is 48.4 Å². The third-order valence-electron chi connectivity index (χ3n) is 3.69. The number of aromatic nitrogens is 2. The number of nitrogens with one attached hydrogen (secondary N) is 1. The SMILES string of the molecule is Cc1ccc(C)c(-c2cc(C)nc(C3CNC3)n2)c1. The number of nitrogens with zero attached hydrogens (tertiary/aromatic N) is 2. The summed E-state index contributed by atoms with van der Waals surface area (Å²) in [6.45, 7) is 8.29. The highest BCUT2D eigenvalue weighted by molar-refractivity contribution is 5.64. The third kappa shape index (κ3) is 2.38. The van der Waals surface area contributed by atoms with Crippen LogP contribution in [0.2, 0.25) is 0 Å². The second kappa shape index (κ2) is 4.74. The molecule has 1 fully saturated rings. The van der Waals surface area contributed by atoms with Crippen molar-refractivity contribution in [2.24, 2.45) is 0 Å². The van der Waals surface area contributed by atoms with E-state index in [4.69, 9.17) is 4.98 Å². The van der Waals surface area contributed by atoms with Crippen molar-refractivity contribution in [1.29, 1.82) is 0 Å². The lowest BCUT2D eigenvalue weighted by molar-refractivity contribution is 0.429. The Kier molecular flexibility index (Phi) is 3.07. The fourth-order valence-electron chi connectivity index (χ4n) is 2.40. The van der Waals surface area contributed by atoms with Crippen LogP contribution in [-0.4, -0.2) is 23.1 Å². The molecule has 0 amide bonds. The molecule has 3 nitrogen and oxygen atoms in total. The molecule has 1 aliphatic rings. The van der Waals surface area contributed by atoms with Gasteiger partial charge in [-0.05, 0) is 38.5 Å². The summed E-state index contributed by atoms with van der Waals surface area (Å²) < 4.78 is 0. The minimum atomic E-state index is 0.476. The maximum Gasteiger partial charge on any atom is 0.134 e. The van der Waals surface area contributed by atoms with Crippen LogP contribution in [0.5, 0.6) is 0 Å². The highest BCUT2D eigenvalue weighted by atomic mass is 15.0. The number of rotatable bonds is 2. The van der Waals surface area contributed by atoms with Crippen LogP contribution in [0.3, 0.4) is 0 Å². The predicted molar refractivity (Wildman–Crippen MR) is 77.3 cm³/mol. The maximum atomic E-state index is 4.78. The predicted octanol–water partition coefficient (Wildman–Crippen LogP) is 2.76. The van der Waals surface area contributed by atoms with E-state index in [1.165, 1.54) is 16.7 Å². The lowest BCUT2D eigenvalue weighted by Crippen LogP contribution is -2.41.